The molecule has 58 valence electrons. The number of nitrogens with zero attached hydrogens (tertiary/aromatic N) is 1. The third-order valence-corrected chi connectivity index (χ3v) is 2.60. The van der Waals surface area contributed by atoms with Gasteiger partial charge in [-0.2, -0.15) is 0 Å². The fraction of sp³-hybridized carbons (Fsp3) is 0.889. The van der Waals surface area contributed by atoms with Crippen LogP contribution in [0, 0.1) is 11.8 Å². The summed E-state index contributed by atoms with van der Waals surface area (Å²) >= 11 is 0. The van der Waals surface area contributed by atoms with Crippen molar-refractivity contribution in [3.8, 4) is 0 Å². The Morgan fingerprint density at radius 3 is 2.00 bits per heavy atom. The Balaban J connectivity index is 2.56. The van der Waals surface area contributed by atoms with Gasteiger partial charge in [0.2, 0.25) is 13.1 Å². The van der Waals surface area contributed by atoms with Crippen molar-refractivity contribution < 1.29 is 4.58 Å². The number of hydrogen-bond acceptors (Lipinski definition) is 0. The van der Waals surface area contributed by atoms with E-state index < -0.39 is 0 Å². The molecule has 1 rings (SSSR count). The lowest BCUT2D eigenvalue weighted by Gasteiger charge is -2.10. The number of rotatable bonds is 2. The van der Waals surface area contributed by atoms with Gasteiger partial charge in [0, 0.05) is 12.8 Å². The molecule has 0 bridgehead atoms. The molecule has 1 aliphatic rings. The van der Waals surface area contributed by atoms with Crippen molar-refractivity contribution in [1.82, 2.24) is 0 Å². The first-order chi connectivity index (χ1) is 4.63. The third kappa shape index (κ3) is 1.59. The van der Waals surface area contributed by atoms with Gasteiger partial charge in [0.25, 0.3) is 0 Å². The van der Waals surface area contributed by atoms with Crippen molar-refractivity contribution in [3.63, 3.8) is 0 Å². The van der Waals surface area contributed by atoms with Crippen LogP contribution in [-0.4, -0.2) is 23.4 Å². The van der Waals surface area contributed by atoms with Crippen LogP contribution >= 0.6 is 0 Å². The van der Waals surface area contributed by atoms with Crippen LogP contribution in [0.5, 0.6) is 0 Å². The molecule has 0 amide bonds. The SMILES string of the molecule is CC(C(C)C(C)C)=[N+]1CC1. The maximum Gasteiger partial charge on any atom is 0.201 e. The lowest BCUT2D eigenvalue weighted by molar-refractivity contribution is -0.340. The first kappa shape index (κ1) is 7.77. The van der Waals surface area contributed by atoms with E-state index in [9.17, 15) is 0 Å². The summed E-state index contributed by atoms with van der Waals surface area (Å²) < 4.78 is 2.45. The normalized spacial score (nSPS) is 19.5. The van der Waals surface area contributed by atoms with Crippen molar-refractivity contribution in [1.29, 1.82) is 0 Å². The third-order valence-electron chi connectivity index (χ3n) is 2.60. The van der Waals surface area contributed by atoms with Crippen LogP contribution in [0.1, 0.15) is 27.7 Å². The summed E-state index contributed by atoms with van der Waals surface area (Å²) in [7, 11) is 0. The molecular formula is C9H18N+. The molecule has 1 saturated heterocycles. The summed E-state index contributed by atoms with van der Waals surface area (Å²) in [5, 5.41) is 0. The molecule has 1 heteroatoms. The molecule has 10 heavy (non-hydrogen) atoms. The van der Waals surface area contributed by atoms with Crippen LogP contribution < -0.4 is 0 Å². The van der Waals surface area contributed by atoms with Crippen LogP contribution in [-0.2, 0) is 0 Å². The van der Waals surface area contributed by atoms with Gasteiger partial charge in [-0.3, -0.25) is 0 Å². The van der Waals surface area contributed by atoms with Crippen molar-refractivity contribution in [2.75, 3.05) is 13.1 Å². The summed E-state index contributed by atoms with van der Waals surface area (Å²) in [5.74, 6) is 1.56. The van der Waals surface area contributed by atoms with Crippen molar-refractivity contribution in [2.24, 2.45) is 11.8 Å². The van der Waals surface area contributed by atoms with Gasteiger partial charge >= 0.3 is 0 Å². The lowest BCUT2D eigenvalue weighted by atomic mass is 9.94. The molecule has 1 atom stereocenters. The highest BCUT2D eigenvalue weighted by molar-refractivity contribution is 5.79. The maximum absolute atomic E-state index is 2.45. The van der Waals surface area contributed by atoms with Gasteiger partial charge in [-0.1, -0.05) is 20.8 Å². The predicted octanol–water partition coefficient (Wildman–Crippen LogP) is 1.77. The van der Waals surface area contributed by atoms with E-state index in [4.69, 9.17) is 0 Å². The van der Waals surface area contributed by atoms with Crippen molar-refractivity contribution in [2.45, 2.75) is 27.7 Å². The molecule has 0 saturated carbocycles. The van der Waals surface area contributed by atoms with Crippen LogP contribution in [0.25, 0.3) is 0 Å². The Morgan fingerprint density at radius 2 is 1.70 bits per heavy atom. The van der Waals surface area contributed by atoms with Crippen LogP contribution in [0.4, 0.5) is 0 Å². The summed E-state index contributed by atoms with van der Waals surface area (Å²) in [5.41, 5.74) is 1.58. The lowest BCUT2D eigenvalue weighted by Crippen LogP contribution is -2.17. The van der Waals surface area contributed by atoms with Gasteiger partial charge in [0.15, 0.2) is 5.71 Å². The highest BCUT2D eigenvalue weighted by Gasteiger charge is 2.28. The second kappa shape index (κ2) is 2.73. The van der Waals surface area contributed by atoms with Crippen molar-refractivity contribution in [3.05, 3.63) is 0 Å². The molecule has 0 spiro atoms. The summed E-state index contributed by atoms with van der Waals surface area (Å²) in [4.78, 5) is 0. The summed E-state index contributed by atoms with van der Waals surface area (Å²) in [6.07, 6.45) is 0. The predicted molar refractivity (Wildman–Crippen MR) is 44.7 cm³/mol. The summed E-state index contributed by atoms with van der Waals surface area (Å²) in [6, 6.07) is 0. The molecule has 1 nitrogen and oxygen atoms in total. The first-order valence-corrected chi connectivity index (χ1v) is 4.21. The number of hydrogen-bond donors (Lipinski definition) is 0. The van der Waals surface area contributed by atoms with E-state index in [1.807, 2.05) is 0 Å². The first-order valence-electron chi connectivity index (χ1n) is 4.21. The van der Waals surface area contributed by atoms with Crippen LogP contribution in [0.2, 0.25) is 0 Å². The fourth-order valence-corrected chi connectivity index (χ4v) is 1.17. The Morgan fingerprint density at radius 1 is 1.20 bits per heavy atom. The van der Waals surface area contributed by atoms with Gasteiger partial charge in [0.05, 0.1) is 0 Å². The van der Waals surface area contributed by atoms with Gasteiger partial charge in [0.1, 0.15) is 0 Å². The monoisotopic (exact) mass is 140 g/mol. The maximum atomic E-state index is 2.45. The standard InChI is InChI=1S/C9H18N/c1-7(2)8(3)9(4)10-5-6-10/h7-8H,5-6H2,1-4H3/q+1. The Kier molecular flexibility index (Phi) is 2.12. The van der Waals surface area contributed by atoms with Gasteiger partial charge in [-0.25, -0.2) is 4.58 Å². The second-order valence-electron chi connectivity index (χ2n) is 3.66. The highest BCUT2D eigenvalue weighted by atomic mass is 15.2. The zero-order chi connectivity index (χ0) is 7.72. The fourth-order valence-electron chi connectivity index (χ4n) is 1.17. The van der Waals surface area contributed by atoms with Crippen LogP contribution in [0.3, 0.4) is 0 Å². The minimum Gasteiger partial charge on any atom is -0.224 e. The Hall–Kier alpha value is -0.330. The molecule has 1 heterocycles. The topological polar surface area (TPSA) is 3.01 Å². The quantitative estimate of drug-likeness (QED) is 0.406. The van der Waals surface area contributed by atoms with E-state index in [1.54, 1.807) is 5.71 Å². The molecule has 0 aromatic carbocycles. The van der Waals surface area contributed by atoms with E-state index in [0.29, 0.717) is 0 Å². The summed E-state index contributed by atoms with van der Waals surface area (Å²) in [6.45, 7) is 11.7. The largest absolute Gasteiger partial charge is 0.224 e. The minimum absolute atomic E-state index is 0.766. The molecule has 1 unspecified atom stereocenters. The van der Waals surface area contributed by atoms with E-state index in [2.05, 4.69) is 32.3 Å². The average molecular weight is 140 g/mol. The molecule has 0 radical (unpaired) electrons. The average Bonchev–Trinajstić information content (AvgIpc) is 2.65. The molecule has 1 fully saturated rings. The Bertz CT molecular complexity index is 150. The minimum atomic E-state index is 0.766. The van der Waals surface area contributed by atoms with Crippen molar-refractivity contribution >= 4 is 5.71 Å². The van der Waals surface area contributed by atoms with Crippen LogP contribution in [0.15, 0.2) is 0 Å². The van der Waals surface area contributed by atoms with E-state index in [1.165, 1.54) is 13.1 Å². The zero-order valence-corrected chi connectivity index (χ0v) is 7.52. The highest BCUT2D eigenvalue weighted by Crippen LogP contribution is 2.13. The Labute approximate surface area is 63.8 Å². The molecule has 1 aliphatic heterocycles. The van der Waals surface area contributed by atoms with Gasteiger partial charge in [-0.05, 0) is 5.92 Å². The molecular weight excluding hydrogens is 122 g/mol. The molecule has 0 aromatic heterocycles. The smallest absolute Gasteiger partial charge is 0.201 e. The molecule has 0 aromatic rings. The molecule has 0 N–H and O–H groups in total. The molecule has 0 aliphatic carbocycles. The zero-order valence-electron chi connectivity index (χ0n) is 7.52. The van der Waals surface area contributed by atoms with Gasteiger partial charge < -0.3 is 0 Å². The van der Waals surface area contributed by atoms with E-state index in [-0.39, 0.29) is 0 Å². The van der Waals surface area contributed by atoms with E-state index in [0.717, 1.165) is 11.8 Å². The van der Waals surface area contributed by atoms with E-state index >= 15 is 0 Å². The van der Waals surface area contributed by atoms with Gasteiger partial charge in [-0.15, -0.1) is 0 Å². The second-order valence-corrected chi connectivity index (χ2v) is 3.66.